The van der Waals surface area contributed by atoms with E-state index in [1.54, 1.807) is 12.1 Å². The first kappa shape index (κ1) is 10.1. The number of hydrogen-bond acceptors (Lipinski definition) is 4. The van der Waals surface area contributed by atoms with Gasteiger partial charge in [0.2, 0.25) is 0 Å². The number of hydrogen-bond donors (Lipinski definition) is 2. The summed E-state index contributed by atoms with van der Waals surface area (Å²) in [5.41, 5.74) is 0.888. The highest BCUT2D eigenvalue weighted by Crippen LogP contribution is 2.37. The normalized spacial score (nSPS) is 13.9. The molecule has 0 spiro atoms. The molecule has 0 radical (unpaired) electrons. The Labute approximate surface area is 88.1 Å². The van der Waals surface area contributed by atoms with Crippen molar-refractivity contribution in [3.8, 4) is 17.2 Å². The Morgan fingerprint density at radius 3 is 2.80 bits per heavy atom. The van der Waals surface area contributed by atoms with Crippen molar-refractivity contribution in [1.29, 1.82) is 0 Å². The molecule has 0 fully saturated rings. The molecular weight excluding hydrogens is 196 g/mol. The minimum atomic E-state index is 0.130. The number of aryl methyl sites for hydroxylation is 1. The van der Waals surface area contributed by atoms with Gasteiger partial charge in [0.15, 0.2) is 11.5 Å². The Kier molecular flexibility index (Phi) is 2.97. The van der Waals surface area contributed by atoms with E-state index >= 15 is 0 Å². The van der Waals surface area contributed by atoms with Crippen molar-refractivity contribution in [2.24, 2.45) is 0 Å². The zero-order valence-electron chi connectivity index (χ0n) is 8.40. The third-order valence-electron chi connectivity index (χ3n) is 2.31. The minimum Gasteiger partial charge on any atom is -0.508 e. The van der Waals surface area contributed by atoms with Gasteiger partial charge in [0.05, 0.1) is 0 Å². The fraction of sp³-hybridized carbons (Fsp3) is 0.455. The predicted molar refractivity (Wildman–Crippen MR) is 54.5 cm³/mol. The quantitative estimate of drug-likeness (QED) is 0.784. The largest absolute Gasteiger partial charge is 0.508 e. The molecule has 0 saturated carbocycles. The maximum Gasteiger partial charge on any atom is 0.165 e. The summed E-state index contributed by atoms with van der Waals surface area (Å²) in [6, 6.07) is 3.21. The van der Waals surface area contributed by atoms with Crippen LogP contribution in [-0.2, 0) is 6.42 Å². The SMILES string of the molecule is OCCCc1cc(O)cc2c1OCCO2. The maximum atomic E-state index is 9.47. The van der Waals surface area contributed by atoms with Gasteiger partial charge in [0, 0.05) is 18.2 Å². The molecule has 15 heavy (non-hydrogen) atoms. The zero-order chi connectivity index (χ0) is 10.7. The number of aromatic hydroxyl groups is 1. The summed E-state index contributed by atoms with van der Waals surface area (Å²) in [5.74, 6) is 1.47. The average Bonchev–Trinajstić information content (AvgIpc) is 2.25. The summed E-state index contributed by atoms with van der Waals surface area (Å²) in [6.45, 7) is 1.17. The van der Waals surface area contributed by atoms with E-state index in [0.717, 1.165) is 5.56 Å². The molecule has 0 aromatic heterocycles. The van der Waals surface area contributed by atoms with Gasteiger partial charge in [-0.3, -0.25) is 0 Å². The molecule has 1 aromatic rings. The van der Waals surface area contributed by atoms with Crippen molar-refractivity contribution in [1.82, 2.24) is 0 Å². The molecule has 0 aliphatic carbocycles. The smallest absolute Gasteiger partial charge is 0.165 e. The van der Waals surface area contributed by atoms with Crippen molar-refractivity contribution >= 4 is 0 Å². The number of aliphatic hydroxyl groups is 1. The molecule has 4 heteroatoms. The van der Waals surface area contributed by atoms with Crippen LogP contribution in [0.2, 0.25) is 0 Å². The van der Waals surface area contributed by atoms with Gasteiger partial charge < -0.3 is 19.7 Å². The highest BCUT2D eigenvalue weighted by Gasteiger charge is 2.17. The summed E-state index contributed by atoms with van der Waals surface area (Å²) in [5, 5.41) is 18.2. The number of ether oxygens (including phenoxy) is 2. The van der Waals surface area contributed by atoms with E-state index in [1.165, 1.54) is 0 Å². The summed E-state index contributed by atoms with van der Waals surface area (Å²) in [4.78, 5) is 0. The third-order valence-corrected chi connectivity index (χ3v) is 2.31. The van der Waals surface area contributed by atoms with Gasteiger partial charge in [-0.1, -0.05) is 0 Å². The van der Waals surface area contributed by atoms with Gasteiger partial charge in [0.25, 0.3) is 0 Å². The Morgan fingerprint density at radius 1 is 1.20 bits per heavy atom. The number of benzene rings is 1. The van der Waals surface area contributed by atoms with Crippen LogP contribution >= 0.6 is 0 Å². The monoisotopic (exact) mass is 210 g/mol. The molecule has 0 saturated heterocycles. The molecule has 0 amide bonds. The highest BCUT2D eigenvalue weighted by molar-refractivity contribution is 5.52. The molecule has 1 aromatic carbocycles. The molecule has 1 aliphatic rings. The standard InChI is InChI=1S/C11H14O4/c12-3-1-2-8-6-9(13)7-10-11(8)15-5-4-14-10/h6-7,12-13H,1-5H2. The molecule has 1 aliphatic heterocycles. The first-order chi connectivity index (χ1) is 7.31. The third kappa shape index (κ3) is 2.15. The number of aliphatic hydroxyl groups excluding tert-OH is 1. The lowest BCUT2D eigenvalue weighted by Crippen LogP contribution is -2.16. The van der Waals surface area contributed by atoms with E-state index in [0.29, 0.717) is 37.6 Å². The summed E-state index contributed by atoms with van der Waals surface area (Å²) in [7, 11) is 0. The van der Waals surface area contributed by atoms with Gasteiger partial charge in [0.1, 0.15) is 19.0 Å². The summed E-state index contributed by atoms with van der Waals surface area (Å²) < 4.78 is 10.9. The lowest BCUT2D eigenvalue weighted by atomic mass is 10.1. The number of phenolic OH excluding ortho intramolecular Hbond substituents is 1. The van der Waals surface area contributed by atoms with Gasteiger partial charge in [-0.05, 0) is 18.9 Å². The topological polar surface area (TPSA) is 58.9 Å². The van der Waals surface area contributed by atoms with Gasteiger partial charge in [-0.15, -0.1) is 0 Å². The Morgan fingerprint density at radius 2 is 2.00 bits per heavy atom. The lowest BCUT2D eigenvalue weighted by molar-refractivity contribution is 0.169. The Balaban J connectivity index is 2.30. The van der Waals surface area contributed by atoms with E-state index in [4.69, 9.17) is 14.6 Å². The van der Waals surface area contributed by atoms with Crippen molar-refractivity contribution in [3.63, 3.8) is 0 Å². The van der Waals surface area contributed by atoms with E-state index in [-0.39, 0.29) is 12.4 Å². The van der Waals surface area contributed by atoms with Crippen LogP contribution in [0.4, 0.5) is 0 Å². The first-order valence-corrected chi connectivity index (χ1v) is 5.03. The molecule has 2 rings (SSSR count). The highest BCUT2D eigenvalue weighted by atomic mass is 16.6. The fourth-order valence-corrected chi connectivity index (χ4v) is 1.67. The minimum absolute atomic E-state index is 0.130. The van der Waals surface area contributed by atoms with Crippen molar-refractivity contribution < 1.29 is 19.7 Å². The summed E-state index contributed by atoms with van der Waals surface area (Å²) >= 11 is 0. The lowest BCUT2D eigenvalue weighted by Gasteiger charge is -2.21. The van der Waals surface area contributed by atoms with E-state index in [2.05, 4.69) is 0 Å². The maximum absolute atomic E-state index is 9.47. The first-order valence-electron chi connectivity index (χ1n) is 5.03. The van der Waals surface area contributed by atoms with Crippen molar-refractivity contribution in [2.45, 2.75) is 12.8 Å². The van der Waals surface area contributed by atoms with Crippen molar-refractivity contribution in [3.05, 3.63) is 17.7 Å². The molecule has 0 atom stereocenters. The van der Waals surface area contributed by atoms with Gasteiger partial charge in [-0.2, -0.15) is 0 Å². The van der Waals surface area contributed by atoms with Gasteiger partial charge >= 0.3 is 0 Å². The molecular formula is C11H14O4. The van der Waals surface area contributed by atoms with E-state index in [9.17, 15) is 5.11 Å². The second-order valence-electron chi connectivity index (χ2n) is 3.46. The Hall–Kier alpha value is -1.42. The van der Waals surface area contributed by atoms with Crippen LogP contribution in [-0.4, -0.2) is 30.0 Å². The van der Waals surface area contributed by atoms with Gasteiger partial charge in [-0.25, -0.2) is 0 Å². The van der Waals surface area contributed by atoms with Crippen LogP contribution in [0.3, 0.4) is 0 Å². The number of phenols is 1. The molecule has 2 N–H and O–H groups in total. The van der Waals surface area contributed by atoms with Crippen LogP contribution in [0, 0.1) is 0 Å². The molecule has 0 unspecified atom stereocenters. The molecule has 82 valence electrons. The molecule has 4 nitrogen and oxygen atoms in total. The number of fused-ring (bicyclic) bond motifs is 1. The zero-order valence-corrected chi connectivity index (χ0v) is 8.40. The van der Waals surface area contributed by atoms with E-state index in [1.807, 2.05) is 0 Å². The predicted octanol–water partition coefficient (Wildman–Crippen LogP) is 1.09. The van der Waals surface area contributed by atoms with Crippen LogP contribution in [0.15, 0.2) is 12.1 Å². The molecule has 0 bridgehead atoms. The summed E-state index contributed by atoms with van der Waals surface area (Å²) in [6.07, 6.45) is 1.33. The average molecular weight is 210 g/mol. The fourth-order valence-electron chi connectivity index (χ4n) is 1.67. The van der Waals surface area contributed by atoms with E-state index < -0.39 is 0 Å². The molecule has 1 heterocycles. The van der Waals surface area contributed by atoms with Crippen LogP contribution < -0.4 is 9.47 Å². The van der Waals surface area contributed by atoms with Crippen molar-refractivity contribution in [2.75, 3.05) is 19.8 Å². The van der Waals surface area contributed by atoms with Crippen LogP contribution in [0.5, 0.6) is 17.2 Å². The number of rotatable bonds is 3. The van der Waals surface area contributed by atoms with Crippen LogP contribution in [0.25, 0.3) is 0 Å². The second kappa shape index (κ2) is 4.40. The second-order valence-corrected chi connectivity index (χ2v) is 3.46. The Bertz CT molecular complexity index is 349. The van der Waals surface area contributed by atoms with Crippen LogP contribution in [0.1, 0.15) is 12.0 Å².